The predicted octanol–water partition coefficient (Wildman–Crippen LogP) is 5.19. The van der Waals surface area contributed by atoms with Gasteiger partial charge in [0, 0.05) is 43.0 Å². The summed E-state index contributed by atoms with van der Waals surface area (Å²) >= 11 is 0. The highest BCUT2D eigenvalue weighted by atomic mass is 16.1. The largest absolute Gasteiger partial charge is 0.378 e. The van der Waals surface area contributed by atoms with Crippen molar-refractivity contribution in [3.05, 3.63) is 77.4 Å². The van der Waals surface area contributed by atoms with Crippen molar-refractivity contribution < 1.29 is 4.79 Å². The normalized spacial score (nSPS) is 18.3. The monoisotopic (exact) mass is 354 g/mol. The van der Waals surface area contributed by atoms with Gasteiger partial charge in [-0.1, -0.05) is 42.5 Å². The molecule has 1 heterocycles. The van der Waals surface area contributed by atoms with E-state index in [0.29, 0.717) is 6.42 Å². The van der Waals surface area contributed by atoms with Crippen molar-refractivity contribution >= 4 is 33.5 Å². The molecule has 3 aromatic carbocycles. The zero-order chi connectivity index (χ0) is 18.5. The molecule has 0 fully saturated rings. The summed E-state index contributed by atoms with van der Waals surface area (Å²) in [7, 11) is 4.08. The summed E-state index contributed by atoms with van der Waals surface area (Å²) in [6.45, 7) is 0. The highest BCUT2D eigenvalue weighted by molar-refractivity contribution is 6.14. The van der Waals surface area contributed by atoms with Gasteiger partial charge in [0.2, 0.25) is 0 Å². The van der Waals surface area contributed by atoms with E-state index in [4.69, 9.17) is 0 Å². The number of Topliss-reactive ketones (excluding diaryl/α,β-unsaturated/α-hetero) is 1. The molecule has 1 N–H and O–H groups in total. The number of nitrogens with zero attached hydrogens (tertiary/aromatic N) is 1. The van der Waals surface area contributed by atoms with E-state index in [2.05, 4.69) is 70.9 Å². The van der Waals surface area contributed by atoms with E-state index < -0.39 is 0 Å². The van der Waals surface area contributed by atoms with E-state index >= 15 is 0 Å². The van der Waals surface area contributed by atoms with E-state index in [0.717, 1.165) is 28.9 Å². The zero-order valence-electron chi connectivity index (χ0n) is 15.6. The molecule has 3 aromatic rings. The van der Waals surface area contributed by atoms with Crippen molar-refractivity contribution in [1.82, 2.24) is 0 Å². The van der Waals surface area contributed by atoms with Crippen LogP contribution in [-0.4, -0.2) is 19.9 Å². The van der Waals surface area contributed by atoms with Crippen LogP contribution in [0.15, 0.2) is 66.2 Å². The minimum absolute atomic E-state index is 0.0696. The number of rotatable bonds is 2. The van der Waals surface area contributed by atoms with E-state index in [-0.39, 0.29) is 11.8 Å². The van der Waals surface area contributed by atoms with Crippen LogP contribution in [0.1, 0.15) is 30.0 Å². The van der Waals surface area contributed by atoms with Gasteiger partial charge in [-0.15, -0.1) is 0 Å². The first-order valence-corrected chi connectivity index (χ1v) is 9.45. The Balaban J connectivity index is 1.69. The topological polar surface area (TPSA) is 32.3 Å². The van der Waals surface area contributed by atoms with Gasteiger partial charge >= 0.3 is 0 Å². The average Bonchev–Trinajstić information content (AvgIpc) is 3.09. The zero-order valence-corrected chi connectivity index (χ0v) is 15.6. The van der Waals surface area contributed by atoms with Crippen LogP contribution in [0.25, 0.3) is 16.3 Å². The molecular formula is C24H22N2O. The van der Waals surface area contributed by atoms with Crippen molar-refractivity contribution in [2.45, 2.75) is 18.9 Å². The Morgan fingerprint density at radius 2 is 1.70 bits per heavy atom. The van der Waals surface area contributed by atoms with Gasteiger partial charge in [-0.25, -0.2) is 0 Å². The van der Waals surface area contributed by atoms with Crippen molar-refractivity contribution in [1.29, 1.82) is 0 Å². The number of nitrogens with one attached hydrogen (secondary N) is 1. The third-order valence-corrected chi connectivity index (χ3v) is 5.79. The molecule has 3 heteroatoms. The quantitative estimate of drug-likeness (QED) is 0.687. The molecule has 0 saturated heterocycles. The molecule has 0 spiro atoms. The summed E-state index contributed by atoms with van der Waals surface area (Å²) in [4.78, 5) is 14.9. The lowest BCUT2D eigenvalue weighted by Gasteiger charge is -2.30. The molecule has 0 amide bonds. The van der Waals surface area contributed by atoms with Crippen molar-refractivity contribution in [2.24, 2.45) is 0 Å². The molecule has 1 aliphatic heterocycles. The molecular weight excluding hydrogens is 332 g/mol. The Hall–Kier alpha value is -3.07. The SMILES string of the molecule is CN(C)c1ccc(C2Nc3ccc4ccccc4c3C3=C2C(=O)CC3)cc1. The Labute approximate surface area is 159 Å². The van der Waals surface area contributed by atoms with Gasteiger partial charge in [0.15, 0.2) is 5.78 Å². The maximum Gasteiger partial charge on any atom is 0.161 e. The minimum atomic E-state index is -0.0696. The van der Waals surface area contributed by atoms with Gasteiger partial charge in [-0.05, 0) is 46.5 Å². The summed E-state index contributed by atoms with van der Waals surface area (Å²) in [5.74, 6) is 0.276. The number of fused-ring (bicyclic) bond motifs is 4. The number of anilines is 2. The van der Waals surface area contributed by atoms with Crippen molar-refractivity contribution in [3.8, 4) is 0 Å². The molecule has 0 bridgehead atoms. The van der Waals surface area contributed by atoms with Crippen LogP contribution in [0, 0.1) is 0 Å². The van der Waals surface area contributed by atoms with Gasteiger partial charge in [-0.3, -0.25) is 4.79 Å². The number of benzene rings is 3. The number of carbonyl (C=O) groups excluding carboxylic acids is 1. The van der Waals surface area contributed by atoms with Gasteiger partial charge in [-0.2, -0.15) is 0 Å². The maximum absolute atomic E-state index is 12.8. The second-order valence-electron chi connectivity index (χ2n) is 7.59. The fourth-order valence-electron chi connectivity index (χ4n) is 4.43. The smallest absolute Gasteiger partial charge is 0.161 e. The third kappa shape index (κ3) is 2.46. The first kappa shape index (κ1) is 16.1. The first-order chi connectivity index (χ1) is 13.1. The number of hydrogen-bond acceptors (Lipinski definition) is 3. The van der Waals surface area contributed by atoms with Crippen molar-refractivity contribution in [2.75, 3.05) is 24.3 Å². The van der Waals surface area contributed by atoms with E-state index in [9.17, 15) is 4.79 Å². The number of carbonyl (C=O) groups is 1. The fourth-order valence-corrected chi connectivity index (χ4v) is 4.43. The van der Waals surface area contributed by atoms with Crippen LogP contribution in [-0.2, 0) is 4.79 Å². The molecule has 5 rings (SSSR count). The summed E-state index contributed by atoms with van der Waals surface area (Å²) in [5, 5.41) is 6.11. The Kier molecular flexibility index (Phi) is 3.57. The number of allylic oxidation sites excluding steroid dienone is 1. The van der Waals surface area contributed by atoms with Crippen LogP contribution in [0.5, 0.6) is 0 Å². The summed E-state index contributed by atoms with van der Waals surface area (Å²) < 4.78 is 0. The lowest BCUT2D eigenvalue weighted by Crippen LogP contribution is -2.22. The second kappa shape index (κ2) is 5.98. The van der Waals surface area contributed by atoms with E-state index in [1.54, 1.807) is 0 Å². The third-order valence-electron chi connectivity index (χ3n) is 5.79. The minimum Gasteiger partial charge on any atom is -0.378 e. The van der Waals surface area contributed by atoms with Crippen LogP contribution < -0.4 is 10.2 Å². The molecule has 1 unspecified atom stereocenters. The molecule has 0 saturated carbocycles. The summed E-state index contributed by atoms with van der Waals surface area (Å²) in [5.41, 5.74) is 6.83. The van der Waals surface area contributed by atoms with E-state index in [1.165, 1.54) is 21.9 Å². The number of ketones is 1. The lowest BCUT2D eigenvalue weighted by molar-refractivity contribution is -0.115. The predicted molar refractivity (Wildman–Crippen MR) is 112 cm³/mol. The molecule has 1 atom stereocenters. The van der Waals surface area contributed by atoms with Gasteiger partial charge in [0.05, 0.1) is 6.04 Å². The molecule has 2 aliphatic rings. The van der Waals surface area contributed by atoms with Gasteiger partial charge in [0.1, 0.15) is 0 Å². The van der Waals surface area contributed by atoms with E-state index in [1.807, 2.05) is 14.1 Å². The molecule has 1 aliphatic carbocycles. The van der Waals surface area contributed by atoms with Gasteiger partial charge in [0.25, 0.3) is 0 Å². The fraction of sp³-hybridized carbons (Fsp3) is 0.208. The Morgan fingerprint density at radius 3 is 2.48 bits per heavy atom. The maximum atomic E-state index is 12.8. The Bertz CT molecular complexity index is 1090. The highest BCUT2D eigenvalue weighted by Gasteiger charge is 2.36. The summed E-state index contributed by atoms with van der Waals surface area (Å²) in [6.07, 6.45) is 1.45. The standard InChI is InChI=1S/C24H22N2O/c1-26(2)17-10-7-16(8-11-17)24-23-19(12-14-21(23)27)22-18-6-4-3-5-15(18)9-13-20(22)25-24/h3-11,13,24-25H,12,14H2,1-2H3. The molecule has 27 heavy (non-hydrogen) atoms. The highest BCUT2D eigenvalue weighted by Crippen LogP contribution is 2.48. The van der Waals surface area contributed by atoms with Crippen LogP contribution in [0.4, 0.5) is 11.4 Å². The molecule has 0 radical (unpaired) electrons. The summed E-state index contributed by atoms with van der Waals surface area (Å²) in [6, 6.07) is 21.2. The second-order valence-corrected chi connectivity index (χ2v) is 7.59. The first-order valence-electron chi connectivity index (χ1n) is 9.45. The van der Waals surface area contributed by atoms with Crippen LogP contribution in [0.2, 0.25) is 0 Å². The number of hydrogen-bond donors (Lipinski definition) is 1. The Morgan fingerprint density at radius 1 is 0.926 bits per heavy atom. The average molecular weight is 354 g/mol. The van der Waals surface area contributed by atoms with Crippen molar-refractivity contribution in [3.63, 3.8) is 0 Å². The molecule has 134 valence electrons. The molecule has 3 nitrogen and oxygen atoms in total. The van der Waals surface area contributed by atoms with Crippen LogP contribution >= 0.6 is 0 Å². The lowest BCUT2D eigenvalue weighted by atomic mass is 9.85. The molecule has 0 aromatic heterocycles. The van der Waals surface area contributed by atoms with Crippen LogP contribution in [0.3, 0.4) is 0 Å². The van der Waals surface area contributed by atoms with Gasteiger partial charge < -0.3 is 10.2 Å².